The van der Waals surface area contributed by atoms with Gasteiger partial charge in [0.15, 0.2) is 0 Å². The Morgan fingerprint density at radius 3 is 2.71 bits per heavy atom. The average molecular weight is 304 g/mol. The van der Waals surface area contributed by atoms with E-state index in [0.29, 0.717) is 12.8 Å². The molecular formula is C17H24N2OS. The second kappa shape index (κ2) is 6.62. The normalized spacial score (nSPS) is 18.2. The van der Waals surface area contributed by atoms with Crippen molar-refractivity contribution in [2.24, 2.45) is 5.41 Å². The monoisotopic (exact) mass is 304 g/mol. The van der Waals surface area contributed by atoms with E-state index in [9.17, 15) is 10.1 Å². The highest BCUT2D eigenvalue weighted by atomic mass is 32.1. The van der Waals surface area contributed by atoms with E-state index in [1.54, 1.807) is 11.3 Å². The maximum atomic E-state index is 13.1. The summed E-state index contributed by atoms with van der Waals surface area (Å²) in [5, 5.41) is 11.8. The summed E-state index contributed by atoms with van der Waals surface area (Å²) in [6, 6.07) is 4.58. The maximum absolute atomic E-state index is 13.1. The Balaban J connectivity index is 2.28. The topological polar surface area (TPSA) is 44.1 Å². The summed E-state index contributed by atoms with van der Waals surface area (Å²) in [7, 11) is 0. The summed E-state index contributed by atoms with van der Waals surface area (Å²) >= 11 is 1.77. The predicted molar refractivity (Wildman–Crippen MR) is 86.0 cm³/mol. The molecule has 0 aliphatic carbocycles. The summed E-state index contributed by atoms with van der Waals surface area (Å²) in [4.78, 5) is 16.4. The van der Waals surface area contributed by atoms with E-state index in [2.05, 4.69) is 24.4 Å². The molecule has 1 amide bonds. The van der Waals surface area contributed by atoms with Gasteiger partial charge in [-0.2, -0.15) is 5.26 Å². The lowest BCUT2D eigenvalue weighted by Crippen LogP contribution is -2.47. The van der Waals surface area contributed by atoms with Crippen LogP contribution in [0.15, 0.2) is 11.4 Å². The number of carbonyl (C=O) groups excluding carboxylic acids is 1. The minimum absolute atomic E-state index is 0.0399. The van der Waals surface area contributed by atoms with Crippen molar-refractivity contribution in [3.05, 3.63) is 21.9 Å². The van der Waals surface area contributed by atoms with Crippen molar-refractivity contribution >= 4 is 17.2 Å². The van der Waals surface area contributed by atoms with Crippen LogP contribution in [0.3, 0.4) is 0 Å². The van der Waals surface area contributed by atoms with Crippen molar-refractivity contribution in [2.45, 2.75) is 58.9 Å². The minimum atomic E-state index is -0.828. The fourth-order valence-electron chi connectivity index (χ4n) is 3.41. The average Bonchev–Trinajstić information content (AvgIpc) is 2.96. The van der Waals surface area contributed by atoms with E-state index in [1.807, 2.05) is 18.7 Å². The number of nitriles is 1. The first kappa shape index (κ1) is 16.0. The van der Waals surface area contributed by atoms with Gasteiger partial charge in [-0.05, 0) is 43.2 Å². The van der Waals surface area contributed by atoms with Crippen molar-refractivity contribution < 1.29 is 4.79 Å². The van der Waals surface area contributed by atoms with Gasteiger partial charge in [-0.1, -0.05) is 26.7 Å². The molecule has 0 saturated heterocycles. The van der Waals surface area contributed by atoms with E-state index in [1.165, 1.54) is 10.4 Å². The first-order valence-electron chi connectivity index (χ1n) is 7.88. The Kier molecular flexibility index (Phi) is 5.05. The highest BCUT2D eigenvalue weighted by Crippen LogP contribution is 2.38. The van der Waals surface area contributed by atoms with Crippen LogP contribution in [0.5, 0.6) is 0 Å². The van der Waals surface area contributed by atoms with E-state index >= 15 is 0 Å². The van der Waals surface area contributed by atoms with E-state index < -0.39 is 5.41 Å². The molecule has 2 heterocycles. The standard InChI is InChI=1S/C17H24N2OS/c1-4-8-17(12-18,9-5-2)16(20)19-10-6-15-14(13(19)3)7-11-21-15/h7,11,13H,4-6,8-10H2,1-3H3. The van der Waals surface area contributed by atoms with Crippen LogP contribution in [0, 0.1) is 16.7 Å². The maximum Gasteiger partial charge on any atom is 0.243 e. The number of hydrogen-bond acceptors (Lipinski definition) is 3. The molecule has 0 saturated carbocycles. The summed E-state index contributed by atoms with van der Waals surface area (Å²) in [5.74, 6) is 0.0399. The molecule has 0 radical (unpaired) electrons. The van der Waals surface area contributed by atoms with Gasteiger partial charge in [-0.3, -0.25) is 4.79 Å². The minimum Gasteiger partial charge on any atom is -0.334 e. The number of nitrogens with zero attached hydrogens (tertiary/aromatic N) is 2. The molecule has 1 aromatic heterocycles. The largest absolute Gasteiger partial charge is 0.334 e. The Morgan fingerprint density at radius 2 is 2.14 bits per heavy atom. The molecule has 0 N–H and O–H groups in total. The summed E-state index contributed by atoms with van der Waals surface area (Å²) in [6.07, 6.45) is 3.98. The third kappa shape index (κ3) is 2.85. The van der Waals surface area contributed by atoms with Crippen LogP contribution in [0.2, 0.25) is 0 Å². The van der Waals surface area contributed by atoms with Crippen molar-refractivity contribution in [1.29, 1.82) is 5.26 Å². The van der Waals surface area contributed by atoms with Crippen LogP contribution >= 0.6 is 11.3 Å². The number of thiophene rings is 1. The Hall–Kier alpha value is -1.34. The second-order valence-corrected chi connectivity index (χ2v) is 6.92. The molecule has 0 bridgehead atoms. The number of amides is 1. The molecule has 2 rings (SSSR count). The van der Waals surface area contributed by atoms with Gasteiger partial charge in [0, 0.05) is 11.4 Å². The zero-order chi connectivity index (χ0) is 15.5. The summed E-state index contributed by atoms with van der Waals surface area (Å²) in [5.41, 5.74) is 0.435. The van der Waals surface area contributed by atoms with Crippen LogP contribution in [-0.2, 0) is 11.2 Å². The third-order valence-electron chi connectivity index (χ3n) is 4.52. The Bertz CT molecular complexity index is 537. The lowest BCUT2D eigenvalue weighted by atomic mass is 9.78. The molecule has 1 aliphatic heterocycles. The molecule has 0 fully saturated rings. The highest BCUT2D eigenvalue weighted by molar-refractivity contribution is 7.10. The molecule has 1 atom stereocenters. The van der Waals surface area contributed by atoms with Crippen LogP contribution in [0.25, 0.3) is 0 Å². The van der Waals surface area contributed by atoms with Crippen molar-refractivity contribution in [2.75, 3.05) is 6.54 Å². The van der Waals surface area contributed by atoms with Crippen LogP contribution < -0.4 is 0 Å². The van der Waals surface area contributed by atoms with Gasteiger partial charge < -0.3 is 4.90 Å². The predicted octanol–water partition coefficient (Wildman–Crippen LogP) is 4.30. The van der Waals surface area contributed by atoms with Gasteiger partial charge in [0.2, 0.25) is 5.91 Å². The van der Waals surface area contributed by atoms with Gasteiger partial charge in [-0.25, -0.2) is 0 Å². The zero-order valence-corrected chi connectivity index (χ0v) is 14.0. The third-order valence-corrected chi connectivity index (χ3v) is 5.51. The fourth-order valence-corrected chi connectivity index (χ4v) is 4.38. The van der Waals surface area contributed by atoms with Crippen molar-refractivity contribution in [3.8, 4) is 6.07 Å². The first-order chi connectivity index (χ1) is 10.1. The van der Waals surface area contributed by atoms with Crippen LogP contribution in [0.1, 0.15) is 62.9 Å². The van der Waals surface area contributed by atoms with Crippen molar-refractivity contribution in [3.63, 3.8) is 0 Å². The second-order valence-electron chi connectivity index (χ2n) is 5.92. The Labute approximate surface area is 131 Å². The molecule has 1 unspecified atom stereocenters. The number of fused-ring (bicyclic) bond motifs is 1. The SMILES string of the molecule is CCCC(C#N)(CCC)C(=O)N1CCc2sccc2C1C. The molecular weight excluding hydrogens is 280 g/mol. The van der Waals surface area contributed by atoms with Crippen LogP contribution in [0.4, 0.5) is 0 Å². The fraction of sp³-hybridized carbons (Fsp3) is 0.647. The van der Waals surface area contributed by atoms with Crippen molar-refractivity contribution in [1.82, 2.24) is 4.90 Å². The lowest BCUT2D eigenvalue weighted by molar-refractivity contribution is -0.142. The number of hydrogen-bond donors (Lipinski definition) is 0. The highest BCUT2D eigenvalue weighted by Gasteiger charge is 2.42. The summed E-state index contributed by atoms with van der Waals surface area (Å²) in [6.45, 7) is 6.92. The Morgan fingerprint density at radius 1 is 1.48 bits per heavy atom. The molecule has 0 aromatic carbocycles. The molecule has 21 heavy (non-hydrogen) atoms. The molecule has 1 aliphatic rings. The molecule has 114 valence electrons. The van der Waals surface area contributed by atoms with E-state index in [4.69, 9.17) is 0 Å². The van der Waals surface area contributed by atoms with Gasteiger partial charge in [0.05, 0.1) is 12.1 Å². The quantitative estimate of drug-likeness (QED) is 0.814. The van der Waals surface area contributed by atoms with Gasteiger partial charge in [0.1, 0.15) is 5.41 Å². The van der Waals surface area contributed by atoms with Gasteiger partial charge >= 0.3 is 0 Å². The lowest BCUT2D eigenvalue weighted by Gasteiger charge is -2.39. The van der Waals surface area contributed by atoms with Gasteiger partial charge in [-0.15, -0.1) is 11.3 Å². The molecule has 3 nitrogen and oxygen atoms in total. The number of rotatable bonds is 5. The molecule has 1 aromatic rings. The summed E-state index contributed by atoms with van der Waals surface area (Å²) < 4.78 is 0. The zero-order valence-electron chi connectivity index (χ0n) is 13.2. The number of carbonyl (C=O) groups is 1. The smallest absolute Gasteiger partial charge is 0.243 e. The molecule has 0 spiro atoms. The van der Waals surface area contributed by atoms with Gasteiger partial charge in [0.25, 0.3) is 0 Å². The molecule has 4 heteroatoms. The first-order valence-corrected chi connectivity index (χ1v) is 8.76. The van der Waals surface area contributed by atoms with E-state index in [0.717, 1.165) is 25.8 Å². The van der Waals surface area contributed by atoms with E-state index in [-0.39, 0.29) is 11.9 Å². The van der Waals surface area contributed by atoms with Crippen LogP contribution in [-0.4, -0.2) is 17.4 Å².